The fourth-order valence-corrected chi connectivity index (χ4v) is 2.84. The van der Waals surface area contributed by atoms with Gasteiger partial charge in [-0.2, -0.15) is 4.37 Å². The van der Waals surface area contributed by atoms with E-state index in [1.54, 1.807) is 11.5 Å². The van der Waals surface area contributed by atoms with Gasteiger partial charge < -0.3 is 10.6 Å². The van der Waals surface area contributed by atoms with E-state index in [1.807, 2.05) is 0 Å². The maximum Gasteiger partial charge on any atom is 0.0803 e. The van der Waals surface area contributed by atoms with Crippen LogP contribution < -0.4 is 10.6 Å². The average molecular weight is 219 g/mol. The summed E-state index contributed by atoms with van der Waals surface area (Å²) in [7, 11) is 0. The van der Waals surface area contributed by atoms with Gasteiger partial charge in [-0.15, -0.1) is 0 Å². The highest BCUT2D eigenvalue weighted by Gasteiger charge is 2.18. The molecular formula is C11H13N3S. The third-order valence-electron chi connectivity index (χ3n) is 2.78. The fraction of sp³-hybridized carbons (Fsp3) is 0.364. The number of rotatable bonds is 1. The molecule has 78 valence electrons. The number of hydrogen-bond acceptors (Lipinski definition) is 4. The summed E-state index contributed by atoms with van der Waals surface area (Å²) in [4.78, 5) is 0. The SMILES string of the molecule is c1ccc2c(C3CNCCN3)nsc2c1. The molecular weight excluding hydrogens is 206 g/mol. The minimum absolute atomic E-state index is 0.370. The first-order chi connectivity index (χ1) is 7.45. The van der Waals surface area contributed by atoms with Gasteiger partial charge in [0.1, 0.15) is 0 Å². The van der Waals surface area contributed by atoms with Crippen LogP contribution in [-0.2, 0) is 0 Å². The molecule has 0 saturated carbocycles. The number of benzene rings is 1. The number of aromatic nitrogens is 1. The molecule has 0 amide bonds. The lowest BCUT2D eigenvalue weighted by atomic mass is 10.1. The van der Waals surface area contributed by atoms with Gasteiger partial charge in [-0.05, 0) is 17.6 Å². The summed E-state index contributed by atoms with van der Waals surface area (Å²) in [5.74, 6) is 0. The van der Waals surface area contributed by atoms with Gasteiger partial charge in [-0.3, -0.25) is 0 Å². The predicted molar refractivity (Wildman–Crippen MR) is 63.2 cm³/mol. The van der Waals surface area contributed by atoms with Crippen molar-refractivity contribution in [2.75, 3.05) is 19.6 Å². The number of nitrogens with zero attached hydrogens (tertiary/aromatic N) is 1. The number of hydrogen-bond donors (Lipinski definition) is 2. The Balaban J connectivity index is 2.02. The van der Waals surface area contributed by atoms with E-state index in [0.29, 0.717) is 6.04 Å². The molecule has 0 aliphatic carbocycles. The zero-order valence-electron chi connectivity index (χ0n) is 8.36. The normalized spacial score (nSPS) is 22.0. The fourth-order valence-electron chi connectivity index (χ4n) is 2.00. The molecule has 0 radical (unpaired) electrons. The second kappa shape index (κ2) is 3.89. The zero-order chi connectivity index (χ0) is 10.1. The van der Waals surface area contributed by atoms with Crippen molar-refractivity contribution in [2.24, 2.45) is 0 Å². The van der Waals surface area contributed by atoms with Crippen molar-refractivity contribution in [2.45, 2.75) is 6.04 Å². The smallest absolute Gasteiger partial charge is 0.0803 e. The lowest BCUT2D eigenvalue weighted by Crippen LogP contribution is -2.42. The first-order valence-corrected chi connectivity index (χ1v) is 6.01. The van der Waals surface area contributed by atoms with Crippen LogP contribution in [0.2, 0.25) is 0 Å². The molecule has 1 aromatic heterocycles. The van der Waals surface area contributed by atoms with Gasteiger partial charge in [-0.1, -0.05) is 18.2 Å². The van der Waals surface area contributed by atoms with E-state index in [2.05, 4.69) is 39.3 Å². The summed E-state index contributed by atoms with van der Waals surface area (Å²) in [5.41, 5.74) is 1.20. The van der Waals surface area contributed by atoms with Gasteiger partial charge in [0.2, 0.25) is 0 Å². The van der Waals surface area contributed by atoms with Gasteiger partial charge in [0.05, 0.1) is 16.4 Å². The van der Waals surface area contributed by atoms with Crippen LogP contribution in [0.5, 0.6) is 0 Å². The maximum absolute atomic E-state index is 4.56. The molecule has 3 nitrogen and oxygen atoms in total. The molecule has 1 aliphatic heterocycles. The summed E-state index contributed by atoms with van der Waals surface area (Å²) in [6.07, 6.45) is 0. The van der Waals surface area contributed by atoms with Crippen LogP contribution in [0.1, 0.15) is 11.7 Å². The Hall–Kier alpha value is -0.970. The minimum atomic E-state index is 0.370. The standard InChI is InChI=1S/C11H13N3S/c1-2-4-10-8(3-1)11(14-15-10)9-7-12-5-6-13-9/h1-4,9,12-13H,5-7H2. The summed E-state index contributed by atoms with van der Waals surface area (Å²) in [6, 6.07) is 8.81. The molecule has 1 unspecified atom stereocenters. The minimum Gasteiger partial charge on any atom is -0.314 e. The van der Waals surface area contributed by atoms with Crippen molar-refractivity contribution >= 4 is 21.6 Å². The second-order valence-corrected chi connectivity index (χ2v) is 4.58. The van der Waals surface area contributed by atoms with E-state index in [9.17, 15) is 0 Å². The monoisotopic (exact) mass is 219 g/mol. The molecule has 1 fully saturated rings. The van der Waals surface area contributed by atoms with Crippen molar-refractivity contribution < 1.29 is 0 Å². The lowest BCUT2D eigenvalue weighted by Gasteiger charge is -2.23. The van der Waals surface area contributed by atoms with Crippen LogP contribution in [0.25, 0.3) is 10.1 Å². The van der Waals surface area contributed by atoms with E-state index < -0.39 is 0 Å². The van der Waals surface area contributed by atoms with Gasteiger partial charge in [0, 0.05) is 25.0 Å². The van der Waals surface area contributed by atoms with E-state index in [1.165, 1.54) is 15.8 Å². The average Bonchev–Trinajstić information content (AvgIpc) is 2.74. The van der Waals surface area contributed by atoms with Crippen molar-refractivity contribution in [1.29, 1.82) is 0 Å². The van der Waals surface area contributed by atoms with Crippen molar-refractivity contribution in [3.8, 4) is 0 Å². The molecule has 15 heavy (non-hydrogen) atoms. The van der Waals surface area contributed by atoms with Gasteiger partial charge in [0.25, 0.3) is 0 Å². The first kappa shape index (κ1) is 9.27. The highest BCUT2D eigenvalue weighted by molar-refractivity contribution is 7.13. The summed E-state index contributed by atoms with van der Waals surface area (Å²) in [6.45, 7) is 3.06. The Bertz CT molecular complexity index is 460. The van der Waals surface area contributed by atoms with Gasteiger partial charge in [-0.25, -0.2) is 0 Å². The van der Waals surface area contributed by atoms with Gasteiger partial charge >= 0.3 is 0 Å². The van der Waals surface area contributed by atoms with Crippen LogP contribution in [0.4, 0.5) is 0 Å². The third-order valence-corrected chi connectivity index (χ3v) is 3.62. The zero-order valence-corrected chi connectivity index (χ0v) is 9.18. The Morgan fingerprint density at radius 3 is 3.07 bits per heavy atom. The molecule has 0 spiro atoms. The topological polar surface area (TPSA) is 37.0 Å². The molecule has 1 aromatic carbocycles. The largest absolute Gasteiger partial charge is 0.314 e. The van der Waals surface area contributed by atoms with Gasteiger partial charge in [0.15, 0.2) is 0 Å². The Morgan fingerprint density at radius 1 is 1.27 bits per heavy atom. The molecule has 3 rings (SSSR count). The molecule has 2 aromatic rings. The van der Waals surface area contributed by atoms with Crippen molar-refractivity contribution in [3.05, 3.63) is 30.0 Å². The predicted octanol–water partition coefficient (Wildman–Crippen LogP) is 1.53. The molecule has 4 heteroatoms. The van der Waals surface area contributed by atoms with Crippen molar-refractivity contribution in [1.82, 2.24) is 15.0 Å². The number of fused-ring (bicyclic) bond motifs is 1. The summed E-state index contributed by atoms with van der Waals surface area (Å²) >= 11 is 1.59. The first-order valence-electron chi connectivity index (χ1n) is 5.23. The molecule has 2 N–H and O–H groups in total. The van der Waals surface area contributed by atoms with E-state index >= 15 is 0 Å². The molecule has 0 bridgehead atoms. The maximum atomic E-state index is 4.56. The Labute approximate surface area is 92.7 Å². The highest BCUT2D eigenvalue weighted by Crippen LogP contribution is 2.26. The van der Waals surface area contributed by atoms with E-state index in [0.717, 1.165) is 19.6 Å². The van der Waals surface area contributed by atoms with E-state index in [4.69, 9.17) is 0 Å². The van der Waals surface area contributed by atoms with Crippen LogP contribution >= 0.6 is 11.5 Å². The molecule has 1 saturated heterocycles. The van der Waals surface area contributed by atoms with Crippen LogP contribution in [0.15, 0.2) is 24.3 Å². The van der Waals surface area contributed by atoms with Crippen molar-refractivity contribution in [3.63, 3.8) is 0 Å². The summed E-state index contributed by atoms with van der Waals surface area (Å²) in [5, 5.41) is 8.18. The molecule has 1 aliphatic rings. The highest BCUT2D eigenvalue weighted by atomic mass is 32.1. The number of nitrogens with one attached hydrogen (secondary N) is 2. The molecule has 1 atom stereocenters. The molecule has 2 heterocycles. The van der Waals surface area contributed by atoms with Crippen LogP contribution in [0, 0.1) is 0 Å². The van der Waals surface area contributed by atoms with E-state index in [-0.39, 0.29) is 0 Å². The third kappa shape index (κ3) is 1.65. The lowest BCUT2D eigenvalue weighted by molar-refractivity contribution is 0.427. The number of piperazine rings is 1. The quantitative estimate of drug-likeness (QED) is 0.763. The Kier molecular flexibility index (Phi) is 2.40. The van der Waals surface area contributed by atoms with Crippen LogP contribution in [-0.4, -0.2) is 24.0 Å². The summed E-state index contributed by atoms with van der Waals surface area (Å²) < 4.78 is 5.84. The van der Waals surface area contributed by atoms with Crippen LogP contribution in [0.3, 0.4) is 0 Å². The Morgan fingerprint density at radius 2 is 2.20 bits per heavy atom. The second-order valence-electron chi connectivity index (χ2n) is 3.77.